The lowest BCUT2D eigenvalue weighted by Gasteiger charge is -2.15. The fourth-order valence-electron chi connectivity index (χ4n) is 3.22. The van der Waals surface area contributed by atoms with Crippen LogP contribution >= 0.6 is 0 Å². The highest BCUT2D eigenvalue weighted by Gasteiger charge is 2.23. The number of nitrogens with two attached hydrogens (primary N) is 1. The standard InChI is InChI=1S/C16H23N3/c1-11(2)10-19-15-8-7-13(17)9-14(15)18-16(19)12-5-3-4-6-12/h7-9,11-12H,3-6,10,17H2,1-2H3. The Bertz CT molecular complexity index is 577. The van der Waals surface area contributed by atoms with Gasteiger partial charge in [0.15, 0.2) is 0 Å². The van der Waals surface area contributed by atoms with Crippen molar-refractivity contribution in [2.75, 3.05) is 5.73 Å². The number of anilines is 1. The number of benzene rings is 1. The summed E-state index contributed by atoms with van der Waals surface area (Å²) in [6.07, 6.45) is 5.27. The van der Waals surface area contributed by atoms with E-state index in [4.69, 9.17) is 10.7 Å². The first-order valence-corrected chi connectivity index (χ1v) is 7.41. The normalized spacial score (nSPS) is 16.8. The van der Waals surface area contributed by atoms with Gasteiger partial charge >= 0.3 is 0 Å². The van der Waals surface area contributed by atoms with Crippen molar-refractivity contribution in [1.82, 2.24) is 9.55 Å². The molecule has 0 unspecified atom stereocenters. The second kappa shape index (κ2) is 4.87. The number of nitrogens with zero attached hydrogens (tertiary/aromatic N) is 2. The molecule has 0 spiro atoms. The number of rotatable bonds is 3. The third-order valence-electron chi connectivity index (χ3n) is 4.07. The number of imidazole rings is 1. The quantitative estimate of drug-likeness (QED) is 0.847. The third kappa shape index (κ3) is 2.34. The monoisotopic (exact) mass is 257 g/mol. The second-order valence-corrected chi connectivity index (χ2v) is 6.20. The predicted octanol–water partition coefficient (Wildman–Crippen LogP) is 3.93. The van der Waals surface area contributed by atoms with Crippen molar-refractivity contribution in [1.29, 1.82) is 0 Å². The summed E-state index contributed by atoms with van der Waals surface area (Å²) < 4.78 is 2.43. The maximum atomic E-state index is 5.89. The van der Waals surface area contributed by atoms with Gasteiger partial charge in [0.1, 0.15) is 5.82 Å². The molecular formula is C16H23N3. The fraction of sp³-hybridized carbons (Fsp3) is 0.562. The van der Waals surface area contributed by atoms with Gasteiger partial charge in [0.25, 0.3) is 0 Å². The summed E-state index contributed by atoms with van der Waals surface area (Å²) >= 11 is 0. The zero-order valence-corrected chi connectivity index (χ0v) is 11.9. The molecule has 1 aliphatic carbocycles. The van der Waals surface area contributed by atoms with Crippen molar-refractivity contribution in [3.63, 3.8) is 0 Å². The molecule has 3 nitrogen and oxygen atoms in total. The first-order chi connectivity index (χ1) is 9.15. The lowest BCUT2D eigenvalue weighted by molar-refractivity contribution is 0.497. The van der Waals surface area contributed by atoms with Gasteiger partial charge in [0.2, 0.25) is 0 Å². The van der Waals surface area contributed by atoms with E-state index in [0.29, 0.717) is 11.8 Å². The Balaban J connectivity index is 2.12. The van der Waals surface area contributed by atoms with E-state index in [1.54, 1.807) is 0 Å². The van der Waals surface area contributed by atoms with Crippen molar-refractivity contribution < 1.29 is 0 Å². The molecule has 1 fully saturated rings. The van der Waals surface area contributed by atoms with Crippen LogP contribution < -0.4 is 5.73 Å². The molecule has 0 amide bonds. The molecule has 2 aromatic rings. The first kappa shape index (κ1) is 12.5. The number of hydrogen-bond donors (Lipinski definition) is 1. The van der Waals surface area contributed by atoms with E-state index in [-0.39, 0.29) is 0 Å². The highest BCUT2D eigenvalue weighted by Crippen LogP contribution is 2.35. The minimum absolute atomic E-state index is 0.634. The summed E-state index contributed by atoms with van der Waals surface area (Å²) in [7, 11) is 0. The maximum absolute atomic E-state index is 5.89. The van der Waals surface area contributed by atoms with Crippen LogP contribution in [0.4, 0.5) is 5.69 Å². The van der Waals surface area contributed by atoms with Gasteiger partial charge in [-0.1, -0.05) is 26.7 Å². The van der Waals surface area contributed by atoms with E-state index in [0.717, 1.165) is 17.7 Å². The van der Waals surface area contributed by atoms with Crippen LogP contribution in [0.15, 0.2) is 18.2 Å². The minimum atomic E-state index is 0.634. The first-order valence-electron chi connectivity index (χ1n) is 7.41. The topological polar surface area (TPSA) is 43.8 Å². The molecule has 3 rings (SSSR count). The van der Waals surface area contributed by atoms with Gasteiger partial charge in [0, 0.05) is 18.2 Å². The molecule has 3 heteroatoms. The Morgan fingerprint density at radius 3 is 2.74 bits per heavy atom. The highest BCUT2D eigenvalue weighted by molar-refractivity contribution is 5.79. The molecule has 0 saturated heterocycles. The SMILES string of the molecule is CC(C)Cn1c(C2CCCC2)nc2cc(N)ccc21. The summed E-state index contributed by atoms with van der Waals surface area (Å²) in [5.41, 5.74) is 8.99. The molecule has 102 valence electrons. The average Bonchev–Trinajstić information content (AvgIpc) is 2.96. The number of fused-ring (bicyclic) bond motifs is 1. The van der Waals surface area contributed by atoms with E-state index in [9.17, 15) is 0 Å². The van der Waals surface area contributed by atoms with Crippen molar-refractivity contribution >= 4 is 16.7 Å². The van der Waals surface area contributed by atoms with Crippen LogP contribution in [-0.2, 0) is 6.54 Å². The molecule has 2 N–H and O–H groups in total. The van der Waals surface area contributed by atoms with Crippen LogP contribution in [0, 0.1) is 5.92 Å². The molecule has 1 aromatic heterocycles. The Morgan fingerprint density at radius 2 is 2.05 bits per heavy atom. The minimum Gasteiger partial charge on any atom is -0.399 e. The van der Waals surface area contributed by atoms with E-state index in [2.05, 4.69) is 24.5 Å². The predicted molar refractivity (Wildman–Crippen MR) is 80.2 cm³/mol. The molecule has 0 bridgehead atoms. The number of nitrogen functional groups attached to an aromatic ring is 1. The van der Waals surface area contributed by atoms with Crippen LogP contribution in [0.3, 0.4) is 0 Å². The van der Waals surface area contributed by atoms with Gasteiger partial charge in [-0.05, 0) is 37.0 Å². The van der Waals surface area contributed by atoms with Gasteiger partial charge in [-0.15, -0.1) is 0 Å². The van der Waals surface area contributed by atoms with Crippen LogP contribution in [0.25, 0.3) is 11.0 Å². The Labute approximate surface area is 114 Å². The molecule has 1 aliphatic rings. The third-order valence-corrected chi connectivity index (χ3v) is 4.07. The van der Waals surface area contributed by atoms with Crippen molar-refractivity contribution in [3.8, 4) is 0 Å². The summed E-state index contributed by atoms with van der Waals surface area (Å²) in [5, 5.41) is 0. The van der Waals surface area contributed by atoms with Gasteiger partial charge in [-0.25, -0.2) is 4.98 Å². The summed E-state index contributed by atoms with van der Waals surface area (Å²) in [5.74, 6) is 2.56. The number of aromatic nitrogens is 2. The fourth-order valence-corrected chi connectivity index (χ4v) is 3.22. The van der Waals surface area contributed by atoms with Crippen LogP contribution in [-0.4, -0.2) is 9.55 Å². The van der Waals surface area contributed by atoms with Gasteiger partial charge in [-0.3, -0.25) is 0 Å². The largest absolute Gasteiger partial charge is 0.399 e. The Kier molecular flexibility index (Phi) is 3.21. The van der Waals surface area contributed by atoms with Crippen molar-refractivity contribution in [3.05, 3.63) is 24.0 Å². The van der Waals surface area contributed by atoms with Crippen molar-refractivity contribution in [2.24, 2.45) is 5.92 Å². The van der Waals surface area contributed by atoms with Crippen molar-refractivity contribution in [2.45, 2.75) is 52.0 Å². The Morgan fingerprint density at radius 1 is 1.32 bits per heavy atom. The molecule has 0 aliphatic heterocycles. The lowest BCUT2D eigenvalue weighted by Crippen LogP contribution is -2.11. The zero-order valence-electron chi connectivity index (χ0n) is 11.9. The molecular weight excluding hydrogens is 234 g/mol. The van der Waals surface area contributed by atoms with Crippen LogP contribution in [0.1, 0.15) is 51.3 Å². The summed E-state index contributed by atoms with van der Waals surface area (Å²) in [6.45, 7) is 5.58. The van der Waals surface area contributed by atoms with E-state index in [1.807, 2.05) is 12.1 Å². The van der Waals surface area contributed by atoms with E-state index < -0.39 is 0 Å². The molecule has 19 heavy (non-hydrogen) atoms. The van der Waals surface area contributed by atoms with Crippen LogP contribution in [0.5, 0.6) is 0 Å². The maximum Gasteiger partial charge on any atom is 0.112 e. The molecule has 1 aromatic carbocycles. The summed E-state index contributed by atoms with van der Waals surface area (Å²) in [4.78, 5) is 4.89. The summed E-state index contributed by atoms with van der Waals surface area (Å²) in [6, 6.07) is 6.11. The zero-order chi connectivity index (χ0) is 13.4. The van der Waals surface area contributed by atoms with E-state index in [1.165, 1.54) is 37.0 Å². The van der Waals surface area contributed by atoms with Gasteiger partial charge in [-0.2, -0.15) is 0 Å². The van der Waals surface area contributed by atoms with E-state index >= 15 is 0 Å². The highest BCUT2D eigenvalue weighted by atomic mass is 15.1. The molecule has 0 atom stereocenters. The molecule has 1 saturated carbocycles. The van der Waals surface area contributed by atoms with Gasteiger partial charge in [0.05, 0.1) is 11.0 Å². The lowest BCUT2D eigenvalue weighted by atomic mass is 10.1. The van der Waals surface area contributed by atoms with Crippen LogP contribution in [0.2, 0.25) is 0 Å². The molecule has 1 heterocycles. The second-order valence-electron chi connectivity index (χ2n) is 6.20. The average molecular weight is 257 g/mol. The van der Waals surface area contributed by atoms with Gasteiger partial charge < -0.3 is 10.3 Å². The molecule has 0 radical (unpaired) electrons. The smallest absolute Gasteiger partial charge is 0.112 e. The number of hydrogen-bond acceptors (Lipinski definition) is 2. The Hall–Kier alpha value is -1.51.